The molecule has 0 heterocycles. The summed E-state index contributed by atoms with van der Waals surface area (Å²) >= 11 is 0. The smallest absolute Gasteiger partial charge is 0.324 e. The van der Waals surface area contributed by atoms with Crippen LogP contribution in [0.15, 0.2) is 22.8 Å². The van der Waals surface area contributed by atoms with Crippen molar-refractivity contribution in [3.63, 3.8) is 0 Å². The molecule has 0 N–H and O–H groups in total. The molecule has 0 saturated heterocycles. The van der Waals surface area contributed by atoms with Crippen molar-refractivity contribution in [3.8, 4) is 0 Å². The van der Waals surface area contributed by atoms with Gasteiger partial charge in [-0.3, -0.25) is 19.2 Å². The zero-order valence-electron chi connectivity index (χ0n) is 21.5. The first kappa shape index (κ1) is 26.0. The fourth-order valence-corrected chi connectivity index (χ4v) is 7.48. The number of ketones is 2. The summed E-state index contributed by atoms with van der Waals surface area (Å²) in [5, 5.41) is 0. The van der Waals surface area contributed by atoms with Gasteiger partial charge in [0.05, 0.1) is 12.5 Å². The predicted molar refractivity (Wildman–Crippen MR) is 124 cm³/mol. The maximum atomic E-state index is 13.6. The van der Waals surface area contributed by atoms with E-state index in [1.807, 2.05) is 26.8 Å². The molecule has 0 bridgehead atoms. The van der Waals surface area contributed by atoms with Crippen molar-refractivity contribution in [3.05, 3.63) is 22.8 Å². The van der Waals surface area contributed by atoms with Crippen molar-refractivity contribution in [1.82, 2.24) is 0 Å². The summed E-state index contributed by atoms with van der Waals surface area (Å²) in [6.45, 7) is 11.9. The Morgan fingerprint density at radius 3 is 2.15 bits per heavy atom. The average Bonchev–Trinajstić information content (AvgIpc) is 2.76. The Bertz CT molecular complexity index is 1030. The molecule has 3 rings (SSSR count). The summed E-state index contributed by atoms with van der Waals surface area (Å²) in [4.78, 5) is 64.4. The number of allylic oxidation sites excluding steroid dienone is 3. The van der Waals surface area contributed by atoms with E-state index in [-0.39, 0.29) is 18.0 Å². The van der Waals surface area contributed by atoms with Gasteiger partial charge in [0.2, 0.25) is 5.78 Å². The largest absolute Gasteiger partial charge is 0.468 e. The van der Waals surface area contributed by atoms with Gasteiger partial charge in [-0.2, -0.15) is 0 Å². The van der Waals surface area contributed by atoms with Crippen molar-refractivity contribution in [2.45, 2.75) is 80.3 Å². The molecule has 3 aliphatic carbocycles. The number of esters is 2. The zero-order valence-corrected chi connectivity index (χ0v) is 21.5. The molecular formula is C27H36O7. The first-order valence-electron chi connectivity index (χ1n) is 11.9. The third kappa shape index (κ3) is 3.11. The van der Waals surface area contributed by atoms with Gasteiger partial charge in [0.15, 0.2) is 11.2 Å². The maximum Gasteiger partial charge on any atom is 0.324 e. The molecule has 2 fully saturated rings. The lowest BCUT2D eigenvalue weighted by Gasteiger charge is -2.63. The van der Waals surface area contributed by atoms with E-state index in [1.165, 1.54) is 21.0 Å². The van der Waals surface area contributed by atoms with Gasteiger partial charge in [0.25, 0.3) is 0 Å². The minimum Gasteiger partial charge on any atom is -0.468 e. The molecule has 0 aliphatic heterocycles. The van der Waals surface area contributed by atoms with E-state index >= 15 is 0 Å². The summed E-state index contributed by atoms with van der Waals surface area (Å²) in [6, 6.07) is 0. The van der Waals surface area contributed by atoms with Crippen LogP contribution in [0.1, 0.15) is 74.1 Å². The van der Waals surface area contributed by atoms with Crippen LogP contribution in [0.4, 0.5) is 0 Å². The molecule has 0 unspecified atom stereocenters. The fraction of sp³-hybridized carbons (Fsp3) is 0.667. The molecule has 3 aliphatic rings. The zero-order chi connectivity index (χ0) is 25.9. The predicted octanol–water partition coefficient (Wildman–Crippen LogP) is 3.93. The lowest BCUT2D eigenvalue weighted by molar-refractivity contribution is -0.180. The highest BCUT2D eigenvalue weighted by atomic mass is 16.5. The second kappa shape index (κ2) is 8.28. The van der Waals surface area contributed by atoms with E-state index in [2.05, 4.69) is 0 Å². The lowest BCUT2D eigenvalue weighted by Crippen LogP contribution is -2.65. The maximum absolute atomic E-state index is 13.6. The third-order valence-electron chi connectivity index (χ3n) is 9.21. The van der Waals surface area contributed by atoms with Crippen LogP contribution in [0.2, 0.25) is 0 Å². The number of carbonyl (C=O) groups excluding carboxylic acids is 5. The monoisotopic (exact) mass is 472 g/mol. The van der Waals surface area contributed by atoms with E-state index in [1.54, 1.807) is 13.8 Å². The van der Waals surface area contributed by atoms with Crippen molar-refractivity contribution in [1.29, 1.82) is 0 Å². The van der Waals surface area contributed by atoms with Crippen LogP contribution in [0, 0.1) is 27.6 Å². The molecule has 0 aromatic heterocycles. The van der Waals surface area contributed by atoms with Crippen LogP contribution in [-0.4, -0.2) is 43.0 Å². The fourth-order valence-electron chi connectivity index (χ4n) is 7.48. The summed E-state index contributed by atoms with van der Waals surface area (Å²) in [5.41, 5.74) is -2.58. The number of ether oxygens (including phenoxy) is 2. The van der Waals surface area contributed by atoms with Gasteiger partial charge in [-0.05, 0) is 56.6 Å². The third-order valence-corrected chi connectivity index (χ3v) is 9.21. The molecular weight excluding hydrogens is 436 g/mol. The lowest BCUT2D eigenvalue weighted by atomic mass is 9.38. The highest BCUT2D eigenvalue weighted by Gasteiger charge is 2.71. The topological polar surface area (TPSA) is 104 Å². The summed E-state index contributed by atoms with van der Waals surface area (Å²) in [7, 11) is 1.22. The van der Waals surface area contributed by atoms with Crippen LogP contribution < -0.4 is 0 Å². The number of Topliss-reactive ketones (excluding diaryl/α,β-unsaturated/α-hetero) is 2. The molecule has 0 spiro atoms. The van der Waals surface area contributed by atoms with Gasteiger partial charge in [0, 0.05) is 24.7 Å². The quantitative estimate of drug-likeness (QED) is 0.258. The Morgan fingerprint density at radius 2 is 1.65 bits per heavy atom. The van der Waals surface area contributed by atoms with E-state index < -0.39 is 39.2 Å². The molecule has 2 saturated carbocycles. The molecule has 5 atom stereocenters. The molecule has 7 heteroatoms. The van der Waals surface area contributed by atoms with Crippen LogP contribution >= 0.6 is 0 Å². The Labute approximate surface area is 201 Å². The normalized spacial score (nSPS) is 36.4. The molecule has 186 valence electrons. The second-order valence-electron chi connectivity index (χ2n) is 11.0. The number of methoxy groups -OCH3 is 1. The van der Waals surface area contributed by atoms with Gasteiger partial charge in [-0.15, -0.1) is 0 Å². The molecule has 0 radical (unpaired) electrons. The van der Waals surface area contributed by atoms with Gasteiger partial charge in [-0.25, -0.2) is 0 Å². The van der Waals surface area contributed by atoms with Gasteiger partial charge in [-0.1, -0.05) is 32.4 Å². The Morgan fingerprint density at radius 1 is 1.03 bits per heavy atom. The first-order valence-corrected chi connectivity index (χ1v) is 11.9. The summed E-state index contributed by atoms with van der Waals surface area (Å²) in [5.74, 6) is -2.84. The second-order valence-corrected chi connectivity index (χ2v) is 11.0. The SMILES string of the molecule is COC(=O)[C@@]1(C(=O)C(C)=O)C(C)=C(C)C=C2[C@]3(C=O)CC[C@H](OC(C)=O)C(C)(C)[C@H]3CC[C@@]21C. The van der Waals surface area contributed by atoms with E-state index in [0.29, 0.717) is 42.4 Å². The standard InChI is InChI=1S/C27H36O7/c1-15-13-20-25(7,27(16(15)2,23(32)33-8)22(31)17(3)29)11-9-19-24(5,6)21(34-18(4)30)10-12-26(19,20)14-28/h13-14,19,21H,9-12H2,1-8H3/t19-,21+,25+,26+,27+/m1/s1. The number of carbonyl (C=O) groups is 5. The van der Waals surface area contributed by atoms with Crippen LogP contribution in [0.25, 0.3) is 0 Å². The molecule has 0 amide bonds. The van der Waals surface area contributed by atoms with Crippen molar-refractivity contribution in [2.24, 2.45) is 27.6 Å². The van der Waals surface area contributed by atoms with Gasteiger partial charge in [0.1, 0.15) is 12.4 Å². The number of hydrogen-bond acceptors (Lipinski definition) is 7. The van der Waals surface area contributed by atoms with Gasteiger partial charge < -0.3 is 14.3 Å². The Hall–Kier alpha value is -2.57. The average molecular weight is 473 g/mol. The number of aldehydes is 1. The van der Waals surface area contributed by atoms with Crippen molar-refractivity contribution >= 4 is 29.8 Å². The highest BCUT2D eigenvalue weighted by Crippen LogP contribution is 2.70. The number of fused-ring (bicyclic) bond motifs is 3. The highest BCUT2D eigenvalue weighted by molar-refractivity contribution is 6.43. The first-order chi connectivity index (χ1) is 15.7. The molecule has 0 aromatic carbocycles. The molecule has 7 nitrogen and oxygen atoms in total. The number of rotatable bonds is 5. The van der Waals surface area contributed by atoms with E-state index in [9.17, 15) is 24.0 Å². The van der Waals surface area contributed by atoms with Gasteiger partial charge >= 0.3 is 11.9 Å². The number of hydrogen-bond donors (Lipinski definition) is 0. The van der Waals surface area contributed by atoms with Crippen molar-refractivity contribution < 1.29 is 33.4 Å². The minimum atomic E-state index is -1.83. The Kier molecular flexibility index (Phi) is 6.34. The van der Waals surface area contributed by atoms with Crippen molar-refractivity contribution in [2.75, 3.05) is 7.11 Å². The molecule has 0 aromatic rings. The van der Waals surface area contributed by atoms with E-state index in [4.69, 9.17) is 9.47 Å². The van der Waals surface area contributed by atoms with E-state index in [0.717, 1.165) is 6.29 Å². The minimum absolute atomic E-state index is 0.177. The van der Waals surface area contributed by atoms with Crippen LogP contribution in [-0.2, 0) is 33.4 Å². The Balaban J connectivity index is 2.32. The van der Waals surface area contributed by atoms with Crippen LogP contribution in [0.3, 0.4) is 0 Å². The molecule has 34 heavy (non-hydrogen) atoms. The van der Waals surface area contributed by atoms with Crippen LogP contribution in [0.5, 0.6) is 0 Å². The summed E-state index contributed by atoms with van der Waals surface area (Å²) in [6.07, 6.45) is 4.36. The summed E-state index contributed by atoms with van der Waals surface area (Å²) < 4.78 is 10.8.